The van der Waals surface area contributed by atoms with Crippen LogP contribution in [0.3, 0.4) is 0 Å². The Kier molecular flexibility index (Phi) is 5.46. The number of nitrogens with zero attached hydrogens (tertiary/aromatic N) is 1. The summed E-state index contributed by atoms with van der Waals surface area (Å²) in [4.78, 5) is 1.41. The van der Waals surface area contributed by atoms with E-state index in [0.29, 0.717) is 24.5 Å². The third-order valence-electron chi connectivity index (χ3n) is 4.16. The first-order valence-corrected chi connectivity index (χ1v) is 9.96. The fraction of sp³-hybridized carbons (Fsp3) is 0.733. The zero-order valence-corrected chi connectivity index (χ0v) is 14.8. The Morgan fingerprint density at radius 3 is 2.81 bits per heavy atom. The maximum absolute atomic E-state index is 12.9. The quantitative estimate of drug-likeness (QED) is 0.903. The van der Waals surface area contributed by atoms with Gasteiger partial charge in [-0.25, -0.2) is 8.42 Å². The number of nitrogens with one attached hydrogen (secondary N) is 1. The second-order valence-electron chi connectivity index (χ2n) is 6.41. The molecule has 2 rings (SSSR count). The lowest BCUT2D eigenvalue weighted by molar-refractivity contribution is 0.315. The van der Waals surface area contributed by atoms with Crippen LogP contribution in [0.25, 0.3) is 0 Å². The molecule has 1 fully saturated rings. The van der Waals surface area contributed by atoms with Crippen LogP contribution in [0.5, 0.6) is 0 Å². The minimum absolute atomic E-state index is 0.242. The number of hydrogen-bond acceptors (Lipinski definition) is 4. The van der Waals surface area contributed by atoms with Gasteiger partial charge in [0.15, 0.2) is 0 Å². The molecule has 0 amide bonds. The molecule has 0 aromatic carbocycles. The lowest BCUT2D eigenvalue weighted by Gasteiger charge is -2.23. The summed E-state index contributed by atoms with van der Waals surface area (Å²) in [7, 11) is -3.35. The topological polar surface area (TPSA) is 49.4 Å². The van der Waals surface area contributed by atoms with Gasteiger partial charge in [-0.15, -0.1) is 11.3 Å². The molecule has 1 aromatic heterocycles. The van der Waals surface area contributed by atoms with Gasteiger partial charge in [0, 0.05) is 24.5 Å². The largest absolute Gasteiger partial charge is 0.312 e. The van der Waals surface area contributed by atoms with E-state index in [-0.39, 0.29) is 5.41 Å². The molecule has 120 valence electrons. The van der Waals surface area contributed by atoms with E-state index in [0.717, 1.165) is 30.7 Å². The first-order valence-electron chi connectivity index (χ1n) is 7.64. The Balaban J connectivity index is 2.20. The summed E-state index contributed by atoms with van der Waals surface area (Å²) < 4.78 is 27.5. The number of thiophene rings is 1. The van der Waals surface area contributed by atoms with Gasteiger partial charge in [0.25, 0.3) is 0 Å². The fourth-order valence-corrected chi connectivity index (χ4v) is 5.57. The Bertz CT molecular complexity index is 564. The van der Waals surface area contributed by atoms with Crippen molar-refractivity contribution in [1.29, 1.82) is 0 Å². The minimum Gasteiger partial charge on any atom is -0.312 e. The molecule has 0 aliphatic carbocycles. The van der Waals surface area contributed by atoms with E-state index in [4.69, 9.17) is 0 Å². The van der Waals surface area contributed by atoms with Crippen LogP contribution >= 0.6 is 11.3 Å². The zero-order chi connectivity index (χ0) is 15.5. The number of hydrogen-bond donors (Lipinski definition) is 1. The highest BCUT2D eigenvalue weighted by atomic mass is 32.2. The van der Waals surface area contributed by atoms with Crippen molar-refractivity contribution in [3.05, 3.63) is 16.3 Å². The van der Waals surface area contributed by atoms with Gasteiger partial charge >= 0.3 is 0 Å². The summed E-state index contributed by atoms with van der Waals surface area (Å²) in [5, 5.41) is 5.10. The van der Waals surface area contributed by atoms with Crippen LogP contribution in [0.15, 0.2) is 16.3 Å². The van der Waals surface area contributed by atoms with Gasteiger partial charge in [-0.2, -0.15) is 4.31 Å². The van der Waals surface area contributed by atoms with Gasteiger partial charge in [-0.3, -0.25) is 0 Å². The first-order chi connectivity index (χ1) is 9.87. The summed E-state index contributed by atoms with van der Waals surface area (Å²) in [5.74, 6) is 0. The Morgan fingerprint density at radius 2 is 2.10 bits per heavy atom. The molecular formula is C15H26N2O2S2. The zero-order valence-electron chi connectivity index (χ0n) is 13.2. The van der Waals surface area contributed by atoms with Gasteiger partial charge in [0.05, 0.1) is 4.90 Å². The molecular weight excluding hydrogens is 304 g/mol. The Labute approximate surface area is 132 Å². The molecule has 1 saturated heterocycles. The van der Waals surface area contributed by atoms with Crippen LogP contribution < -0.4 is 5.32 Å². The van der Waals surface area contributed by atoms with Crippen LogP contribution in [-0.4, -0.2) is 32.4 Å². The van der Waals surface area contributed by atoms with Crippen LogP contribution in [0.2, 0.25) is 0 Å². The van der Waals surface area contributed by atoms with Crippen molar-refractivity contribution < 1.29 is 8.42 Å². The Morgan fingerprint density at radius 1 is 1.33 bits per heavy atom. The van der Waals surface area contributed by atoms with Crippen LogP contribution in [-0.2, 0) is 16.6 Å². The van der Waals surface area contributed by atoms with Crippen molar-refractivity contribution in [2.45, 2.75) is 51.5 Å². The van der Waals surface area contributed by atoms with Crippen molar-refractivity contribution in [2.75, 3.05) is 19.6 Å². The Hall–Kier alpha value is -0.430. The van der Waals surface area contributed by atoms with Crippen molar-refractivity contribution in [3.8, 4) is 0 Å². The lowest BCUT2D eigenvalue weighted by Crippen LogP contribution is -2.33. The molecule has 0 spiro atoms. The van der Waals surface area contributed by atoms with Crippen LogP contribution in [0.4, 0.5) is 0 Å². The van der Waals surface area contributed by atoms with E-state index >= 15 is 0 Å². The highest BCUT2D eigenvalue weighted by Gasteiger charge is 2.31. The molecule has 0 saturated carbocycles. The smallest absolute Gasteiger partial charge is 0.244 e. The molecule has 0 unspecified atom stereocenters. The second-order valence-corrected chi connectivity index (χ2v) is 9.32. The summed E-state index contributed by atoms with van der Waals surface area (Å²) in [6, 6.07) is 1.75. The first kappa shape index (κ1) is 16.9. The fourth-order valence-electron chi connectivity index (χ4n) is 2.70. The standard InChI is InChI=1S/C15H26N2O2S2/c1-4-16-12-13-14(6-11-20-13)21(18,19)17-9-5-7-15(2,3)8-10-17/h6,11,16H,4-5,7-10,12H2,1-3H3. The van der Waals surface area contributed by atoms with Crippen molar-refractivity contribution >= 4 is 21.4 Å². The van der Waals surface area contributed by atoms with E-state index in [1.54, 1.807) is 10.4 Å². The van der Waals surface area contributed by atoms with E-state index in [9.17, 15) is 8.42 Å². The summed E-state index contributed by atoms with van der Waals surface area (Å²) in [6.45, 7) is 9.22. The number of sulfonamides is 1. The maximum Gasteiger partial charge on any atom is 0.244 e. The SMILES string of the molecule is CCNCc1sccc1S(=O)(=O)N1CCCC(C)(C)CC1. The highest BCUT2D eigenvalue weighted by molar-refractivity contribution is 7.89. The number of rotatable bonds is 5. The molecule has 4 nitrogen and oxygen atoms in total. The molecule has 1 aromatic rings. The summed E-state index contributed by atoms with van der Waals surface area (Å²) in [5.41, 5.74) is 0.242. The van der Waals surface area contributed by atoms with Gasteiger partial charge in [-0.1, -0.05) is 20.8 Å². The minimum atomic E-state index is -3.35. The maximum atomic E-state index is 12.9. The predicted octanol–water partition coefficient (Wildman–Crippen LogP) is 3.06. The highest BCUT2D eigenvalue weighted by Crippen LogP contribution is 2.33. The van der Waals surface area contributed by atoms with Crippen molar-refractivity contribution in [2.24, 2.45) is 5.41 Å². The molecule has 0 atom stereocenters. The second kappa shape index (κ2) is 6.77. The average Bonchev–Trinajstić information content (AvgIpc) is 2.81. The van der Waals surface area contributed by atoms with E-state index in [1.807, 2.05) is 12.3 Å². The third kappa shape index (κ3) is 4.06. The van der Waals surface area contributed by atoms with E-state index in [1.165, 1.54) is 11.3 Å². The molecule has 1 N–H and O–H groups in total. The van der Waals surface area contributed by atoms with Crippen molar-refractivity contribution in [3.63, 3.8) is 0 Å². The molecule has 0 radical (unpaired) electrons. The molecule has 2 heterocycles. The molecule has 0 bridgehead atoms. The van der Waals surface area contributed by atoms with Gasteiger partial charge < -0.3 is 5.32 Å². The summed E-state index contributed by atoms with van der Waals surface area (Å²) >= 11 is 1.52. The average molecular weight is 331 g/mol. The monoisotopic (exact) mass is 330 g/mol. The van der Waals surface area contributed by atoms with E-state index < -0.39 is 10.0 Å². The van der Waals surface area contributed by atoms with Crippen LogP contribution in [0.1, 0.15) is 44.9 Å². The van der Waals surface area contributed by atoms with Crippen molar-refractivity contribution in [1.82, 2.24) is 9.62 Å². The molecule has 1 aliphatic heterocycles. The molecule has 1 aliphatic rings. The third-order valence-corrected chi connectivity index (χ3v) is 7.19. The molecule has 6 heteroatoms. The normalized spacial score (nSPS) is 20.3. The van der Waals surface area contributed by atoms with Gasteiger partial charge in [0.1, 0.15) is 0 Å². The van der Waals surface area contributed by atoms with E-state index in [2.05, 4.69) is 19.2 Å². The summed E-state index contributed by atoms with van der Waals surface area (Å²) in [6.07, 6.45) is 2.96. The molecule has 21 heavy (non-hydrogen) atoms. The predicted molar refractivity (Wildman–Crippen MR) is 88.1 cm³/mol. The van der Waals surface area contributed by atoms with Crippen LogP contribution in [0, 0.1) is 5.41 Å². The van der Waals surface area contributed by atoms with Gasteiger partial charge in [-0.05, 0) is 42.7 Å². The lowest BCUT2D eigenvalue weighted by atomic mass is 9.85. The van der Waals surface area contributed by atoms with Gasteiger partial charge in [0.2, 0.25) is 10.0 Å².